The molecule has 8 nitrogen and oxygen atoms in total. The van der Waals surface area contributed by atoms with Gasteiger partial charge in [0.2, 0.25) is 0 Å². The summed E-state index contributed by atoms with van der Waals surface area (Å²) >= 11 is 1.86. The molecule has 9 heteroatoms. The van der Waals surface area contributed by atoms with Gasteiger partial charge in [-0.1, -0.05) is 0 Å². The molecule has 33 heavy (non-hydrogen) atoms. The summed E-state index contributed by atoms with van der Waals surface area (Å²) in [6, 6.07) is 11.6. The number of likely N-dealkylation sites (tertiary alicyclic amines) is 1. The highest BCUT2D eigenvalue weighted by molar-refractivity contribution is 7.99. The Morgan fingerprint density at radius 2 is 1.88 bits per heavy atom. The molecule has 1 atom stereocenters. The lowest BCUT2D eigenvalue weighted by Crippen LogP contribution is -2.44. The molecule has 3 aliphatic rings. The van der Waals surface area contributed by atoms with Gasteiger partial charge in [-0.25, -0.2) is 4.98 Å². The predicted octanol–water partition coefficient (Wildman–Crippen LogP) is 1.88. The fourth-order valence-electron chi connectivity index (χ4n) is 5.32. The Kier molecular flexibility index (Phi) is 5.48. The van der Waals surface area contributed by atoms with Crippen LogP contribution in [0, 0.1) is 0 Å². The number of rotatable bonds is 5. The molecule has 1 fully saturated rings. The number of nitrogens with zero attached hydrogens (tertiary/aromatic N) is 4. The molecule has 3 aromatic heterocycles. The molecule has 3 aliphatic heterocycles. The van der Waals surface area contributed by atoms with Crippen LogP contribution >= 0.6 is 11.8 Å². The maximum Gasteiger partial charge on any atom is 0.252 e. The summed E-state index contributed by atoms with van der Waals surface area (Å²) < 4.78 is 3.59. The number of hydrogen-bond acceptors (Lipinski definition) is 7. The van der Waals surface area contributed by atoms with Crippen LogP contribution in [-0.4, -0.2) is 57.0 Å². The minimum absolute atomic E-state index is 0.00544. The molecule has 172 valence electrons. The molecule has 0 unspecified atom stereocenters. The standard InChI is InChI=1S/C24H28N6O2S/c31-21-5-1-16-2-6-22(32)30-19(15-29(21)24(16)30)14-28-10-7-17(8-11-28)26-13-18-3-4-20-23(27-18)25-9-12-33-20/h1-6,17,19,26H,7-15H2,(H,25,27)/t19-/m1/s1. The van der Waals surface area contributed by atoms with Crippen LogP contribution in [0.1, 0.15) is 24.6 Å². The Bertz CT molecular complexity index is 1310. The summed E-state index contributed by atoms with van der Waals surface area (Å²) in [5.41, 5.74) is 1.79. The van der Waals surface area contributed by atoms with Gasteiger partial charge in [-0.3, -0.25) is 18.7 Å². The summed E-state index contributed by atoms with van der Waals surface area (Å²) in [4.78, 5) is 33.4. The number of thioether (sulfide) groups is 1. The van der Waals surface area contributed by atoms with Crippen LogP contribution in [0.5, 0.6) is 0 Å². The van der Waals surface area contributed by atoms with E-state index in [4.69, 9.17) is 4.98 Å². The van der Waals surface area contributed by atoms with Crippen LogP contribution in [0.15, 0.2) is 50.9 Å². The van der Waals surface area contributed by atoms with Crippen LogP contribution in [0.3, 0.4) is 0 Å². The number of aromatic nitrogens is 3. The van der Waals surface area contributed by atoms with E-state index >= 15 is 0 Å². The highest BCUT2D eigenvalue weighted by Gasteiger charge is 2.29. The predicted molar refractivity (Wildman–Crippen MR) is 131 cm³/mol. The smallest absolute Gasteiger partial charge is 0.252 e. The molecule has 1 saturated heterocycles. The minimum atomic E-state index is -0.0307. The fraction of sp³-hybridized carbons (Fsp3) is 0.458. The first-order valence-corrected chi connectivity index (χ1v) is 12.7. The topological polar surface area (TPSA) is 84.2 Å². The van der Waals surface area contributed by atoms with E-state index in [1.54, 1.807) is 16.7 Å². The zero-order valence-electron chi connectivity index (χ0n) is 18.5. The Morgan fingerprint density at radius 1 is 1.06 bits per heavy atom. The van der Waals surface area contributed by atoms with Crippen molar-refractivity contribution in [1.82, 2.24) is 24.3 Å². The van der Waals surface area contributed by atoms with Crippen molar-refractivity contribution in [2.75, 3.05) is 37.2 Å². The van der Waals surface area contributed by atoms with Crippen LogP contribution in [0.25, 0.3) is 11.0 Å². The summed E-state index contributed by atoms with van der Waals surface area (Å²) in [5, 5.41) is 8.02. The monoisotopic (exact) mass is 464 g/mol. The molecule has 0 aliphatic carbocycles. The van der Waals surface area contributed by atoms with Crippen LogP contribution in [0.4, 0.5) is 5.82 Å². The molecule has 2 N–H and O–H groups in total. The molecule has 6 heterocycles. The van der Waals surface area contributed by atoms with Gasteiger partial charge in [-0.2, -0.15) is 0 Å². The van der Waals surface area contributed by atoms with Gasteiger partial charge in [0, 0.05) is 60.4 Å². The van der Waals surface area contributed by atoms with E-state index in [1.807, 2.05) is 28.5 Å². The summed E-state index contributed by atoms with van der Waals surface area (Å²) in [6.45, 7) is 5.09. The highest BCUT2D eigenvalue weighted by Crippen LogP contribution is 2.29. The van der Waals surface area contributed by atoms with Crippen molar-refractivity contribution in [2.45, 2.75) is 42.9 Å². The molecule has 0 radical (unpaired) electrons. The summed E-state index contributed by atoms with van der Waals surface area (Å²) in [5.74, 6) is 2.11. The molecule has 3 aromatic rings. The third kappa shape index (κ3) is 3.98. The third-order valence-corrected chi connectivity index (χ3v) is 8.06. The van der Waals surface area contributed by atoms with Crippen molar-refractivity contribution < 1.29 is 0 Å². The maximum atomic E-state index is 12.6. The van der Waals surface area contributed by atoms with Gasteiger partial charge in [-0.15, -0.1) is 11.8 Å². The second-order valence-electron chi connectivity index (χ2n) is 9.14. The molecular weight excluding hydrogens is 436 g/mol. The van der Waals surface area contributed by atoms with Crippen molar-refractivity contribution in [1.29, 1.82) is 0 Å². The van der Waals surface area contributed by atoms with E-state index in [1.165, 1.54) is 4.90 Å². The van der Waals surface area contributed by atoms with Crippen LogP contribution in [0.2, 0.25) is 0 Å². The first kappa shape index (κ1) is 20.9. The second-order valence-corrected chi connectivity index (χ2v) is 10.3. The molecule has 0 saturated carbocycles. The van der Waals surface area contributed by atoms with Crippen LogP contribution in [-0.2, 0) is 13.1 Å². The molecular formula is C24H28N6O2S. The average Bonchev–Trinajstić information content (AvgIpc) is 3.23. The number of pyridine rings is 3. The Morgan fingerprint density at radius 3 is 2.73 bits per heavy atom. The molecule has 0 spiro atoms. The lowest BCUT2D eigenvalue weighted by molar-refractivity contribution is 0.171. The van der Waals surface area contributed by atoms with Gasteiger partial charge in [-0.05, 0) is 50.2 Å². The summed E-state index contributed by atoms with van der Waals surface area (Å²) in [6.07, 6.45) is 2.13. The zero-order valence-corrected chi connectivity index (χ0v) is 19.3. The molecule has 0 aromatic carbocycles. The first-order chi connectivity index (χ1) is 16.2. The van der Waals surface area contributed by atoms with Gasteiger partial charge < -0.3 is 15.5 Å². The van der Waals surface area contributed by atoms with E-state index in [9.17, 15) is 9.59 Å². The SMILES string of the molecule is O=c1ccc2ccc(=O)n3c2n1C[C@H]3CN1CCC(NCc2ccc3c(n2)NCCS3)CC1. The average molecular weight is 465 g/mol. The third-order valence-electron chi connectivity index (χ3n) is 7.01. The number of anilines is 1. The van der Waals surface area contributed by atoms with Crippen LogP contribution < -0.4 is 21.8 Å². The van der Waals surface area contributed by atoms with Crippen molar-refractivity contribution >= 4 is 28.6 Å². The lowest BCUT2D eigenvalue weighted by atomic mass is 10.0. The van der Waals surface area contributed by atoms with E-state index in [-0.39, 0.29) is 17.2 Å². The van der Waals surface area contributed by atoms with E-state index in [2.05, 4.69) is 27.7 Å². The maximum absolute atomic E-state index is 12.6. The summed E-state index contributed by atoms with van der Waals surface area (Å²) in [7, 11) is 0. The van der Waals surface area contributed by atoms with Crippen molar-refractivity contribution in [3.63, 3.8) is 0 Å². The van der Waals surface area contributed by atoms with Crippen molar-refractivity contribution in [3.05, 3.63) is 62.8 Å². The Balaban J connectivity index is 1.06. The first-order valence-electron chi connectivity index (χ1n) is 11.7. The fourth-order valence-corrected chi connectivity index (χ4v) is 6.16. The number of hydrogen-bond donors (Lipinski definition) is 2. The number of nitrogens with one attached hydrogen (secondary N) is 2. The molecule has 0 amide bonds. The molecule has 0 bridgehead atoms. The van der Waals surface area contributed by atoms with Gasteiger partial charge in [0.1, 0.15) is 11.5 Å². The van der Waals surface area contributed by atoms with Gasteiger partial charge in [0.25, 0.3) is 11.1 Å². The number of fused-ring (bicyclic) bond motifs is 1. The Labute approximate surface area is 196 Å². The minimum Gasteiger partial charge on any atom is -0.368 e. The molecule has 6 rings (SSSR count). The van der Waals surface area contributed by atoms with E-state index < -0.39 is 0 Å². The van der Waals surface area contributed by atoms with Gasteiger partial charge >= 0.3 is 0 Å². The Hall–Kier alpha value is -2.62. The zero-order chi connectivity index (χ0) is 22.4. The lowest BCUT2D eigenvalue weighted by Gasteiger charge is -2.34. The van der Waals surface area contributed by atoms with Gasteiger partial charge in [0.05, 0.1) is 11.7 Å². The quantitative estimate of drug-likeness (QED) is 0.597. The van der Waals surface area contributed by atoms with Gasteiger partial charge in [0.15, 0.2) is 0 Å². The highest BCUT2D eigenvalue weighted by atomic mass is 32.2. The normalized spacial score (nSPS) is 20.7. The van der Waals surface area contributed by atoms with E-state index in [0.29, 0.717) is 12.6 Å². The van der Waals surface area contributed by atoms with Crippen molar-refractivity contribution in [3.8, 4) is 0 Å². The number of piperidine rings is 1. The second kappa shape index (κ2) is 8.62. The van der Waals surface area contributed by atoms with Crippen molar-refractivity contribution in [2.24, 2.45) is 0 Å². The van der Waals surface area contributed by atoms with E-state index in [0.717, 1.165) is 73.9 Å². The largest absolute Gasteiger partial charge is 0.368 e.